The highest BCUT2D eigenvalue weighted by atomic mass is 16.6. The molecule has 0 spiro atoms. The Labute approximate surface area is 106 Å². The highest BCUT2D eigenvalue weighted by molar-refractivity contribution is 5.82. The van der Waals surface area contributed by atoms with Gasteiger partial charge in [-0.3, -0.25) is 14.9 Å². The minimum absolute atomic E-state index is 0.0850. The smallest absolute Gasteiger partial charge is 0.311 e. The maximum Gasteiger partial charge on any atom is 0.311 e. The second-order valence-electron chi connectivity index (χ2n) is 4.22. The van der Waals surface area contributed by atoms with Crippen LogP contribution in [-0.4, -0.2) is 34.1 Å². The molecule has 0 unspecified atom stereocenters. The van der Waals surface area contributed by atoms with Crippen LogP contribution in [0.15, 0.2) is 23.3 Å². The zero-order valence-corrected chi connectivity index (χ0v) is 9.75. The van der Waals surface area contributed by atoms with Crippen molar-refractivity contribution < 1.29 is 9.66 Å². The average molecular weight is 262 g/mol. The molecule has 2 aromatic rings. The van der Waals surface area contributed by atoms with Gasteiger partial charge in [0.1, 0.15) is 6.10 Å². The number of rotatable bonds is 3. The van der Waals surface area contributed by atoms with Crippen molar-refractivity contribution in [3.63, 3.8) is 0 Å². The van der Waals surface area contributed by atoms with E-state index in [0.717, 1.165) is 0 Å². The molecule has 0 bridgehead atoms. The summed E-state index contributed by atoms with van der Waals surface area (Å²) in [6.07, 6.45) is 1.17. The maximum atomic E-state index is 11.6. The lowest BCUT2D eigenvalue weighted by atomic mass is 10.2. The molecule has 8 heteroatoms. The number of nitro groups is 1. The number of H-pyrrole nitrogens is 1. The van der Waals surface area contributed by atoms with Gasteiger partial charge in [-0.25, -0.2) is 4.98 Å². The van der Waals surface area contributed by atoms with Gasteiger partial charge >= 0.3 is 5.69 Å². The van der Waals surface area contributed by atoms with Crippen LogP contribution in [0.2, 0.25) is 0 Å². The van der Waals surface area contributed by atoms with Gasteiger partial charge in [-0.15, -0.1) is 0 Å². The zero-order chi connectivity index (χ0) is 13.4. The summed E-state index contributed by atoms with van der Waals surface area (Å²) in [6, 6.07) is 2.63. The second kappa shape index (κ2) is 4.32. The molecule has 0 atom stereocenters. The van der Waals surface area contributed by atoms with Crippen molar-refractivity contribution in [2.75, 3.05) is 13.1 Å². The molecule has 0 radical (unpaired) electrons. The summed E-state index contributed by atoms with van der Waals surface area (Å²) in [5.41, 5.74) is -0.264. The molecule has 0 aliphatic carbocycles. The van der Waals surface area contributed by atoms with Crippen LogP contribution in [0, 0.1) is 10.1 Å². The Hall–Kier alpha value is -2.48. The molecule has 1 saturated heterocycles. The lowest BCUT2D eigenvalue weighted by Gasteiger charge is -2.27. The van der Waals surface area contributed by atoms with E-state index in [2.05, 4.69) is 15.3 Å². The minimum atomic E-state index is -0.562. The molecular weight excluding hydrogens is 252 g/mol. The molecule has 2 heterocycles. The van der Waals surface area contributed by atoms with E-state index in [4.69, 9.17) is 4.74 Å². The van der Waals surface area contributed by atoms with E-state index in [1.807, 2.05) is 0 Å². The number of ether oxygens (including phenoxy) is 1. The van der Waals surface area contributed by atoms with Gasteiger partial charge in [0.15, 0.2) is 5.75 Å². The molecule has 1 aromatic heterocycles. The van der Waals surface area contributed by atoms with Crippen LogP contribution in [0.25, 0.3) is 10.9 Å². The van der Waals surface area contributed by atoms with Crippen LogP contribution >= 0.6 is 0 Å². The zero-order valence-electron chi connectivity index (χ0n) is 9.75. The van der Waals surface area contributed by atoms with E-state index < -0.39 is 10.5 Å². The predicted octanol–water partition coefficient (Wildman–Crippen LogP) is 0.182. The van der Waals surface area contributed by atoms with Crippen LogP contribution < -0.4 is 15.6 Å². The number of hydrogen-bond acceptors (Lipinski definition) is 6. The summed E-state index contributed by atoms with van der Waals surface area (Å²) in [6.45, 7) is 1.30. The standard InChI is InChI=1S/C11H10N4O4/c16-11-7-1-9(15(17)18)10(19-6-3-12-4-6)2-8(7)13-5-14-11/h1-2,5-6,12H,3-4H2,(H,13,14,16). The molecule has 1 aromatic carbocycles. The van der Waals surface area contributed by atoms with Gasteiger partial charge in [-0.1, -0.05) is 0 Å². The lowest BCUT2D eigenvalue weighted by molar-refractivity contribution is -0.386. The number of aromatic nitrogens is 2. The maximum absolute atomic E-state index is 11.6. The molecule has 2 N–H and O–H groups in total. The van der Waals surface area contributed by atoms with Gasteiger partial charge in [-0.2, -0.15) is 0 Å². The predicted molar refractivity (Wildman–Crippen MR) is 66.3 cm³/mol. The molecule has 98 valence electrons. The van der Waals surface area contributed by atoms with Crippen molar-refractivity contribution in [3.8, 4) is 5.75 Å². The van der Waals surface area contributed by atoms with Crippen molar-refractivity contribution in [2.24, 2.45) is 0 Å². The third-order valence-corrected chi connectivity index (χ3v) is 2.96. The number of fused-ring (bicyclic) bond motifs is 1. The highest BCUT2D eigenvalue weighted by Gasteiger charge is 2.24. The number of benzene rings is 1. The summed E-state index contributed by atoms with van der Waals surface area (Å²) in [7, 11) is 0. The molecule has 3 rings (SSSR count). The van der Waals surface area contributed by atoms with E-state index in [1.54, 1.807) is 0 Å². The van der Waals surface area contributed by atoms with Crippen molar-refractivity contribution in [2.45, 2.75) is 6.10 Å². The van der Waals surface area contributed by atoms with Gasteiger partial charge in [0.2, 0.25) is 0 Å². The van der Waals surface area contributed by atoms with Crippen molar-refractivity contribution in [1.29, 1.82) is 0 Å². The fourth-order valence-corrected chi connectivity index (χ4v) is 1.85. The van der Waals surface area contributed by atoms with Gasteiger partial charge in [-0.05, 0) is 0 Å². The Morgan fingerprint density at radius 2 is 2.21 bits per heavy atom. The normalized spacial score (nSPS) is 15.2. The molecule has 19 heavy (non-hydrogen) atoms. The molecule has 0 amide bonds. The number of hydrogen-bond donors (Lipinski definition) is 2. The van der Waals surface area contributed by atoms with E-state index in [-0.39, 0.29) is 22.9 Å². The third kappa shape index (κ3) is 2.02. The molecule has 1 aliphatic heterocycles. The molecule has 1 fully saturated rings. The Kier molecular flexibility index (Phi) is 2.64. The van der Waals surface area contributed by atoms with Crippen molar-refractivity contribution >= 4 is 16.6 Å². The summed E-state index contributed by atoms with van der Waals surface area (Å²) < 4.78 is 5.53. The monoisotopic (exact) mass is 262 g/mol. The fourth-order valence-electron chi connectivity index (χ4n) is 1.85. The largest absolute Gasteiger partial charge is 0.481 e. The Balaban J connectivity index is 2.15. The first-order chi connectivity index (χ1) is 9.15. The summed E-state index contributed by atoms with van der Waals surface area (Å²) in [4.78, 5) is 28.4. The molecule has 8 nitrogen and oxygen atoms in total. The average Bonchev–Trinajstić information content (AvgIpc) is 2.33. The first-order valence-electron chi connectivity index (χ1n) is 5.68. The minimum Gasteiger partial charge on any atom is -0.481 e. The van der Waals surface area contributed by atoms with Crippen LogP contribution in [0.3, 0.4) is 0 Å². The quantitative estimate of drug-likeness (QED) is 0.603. The number of nitrogens with one attached hydrogen (secondary N) is 2. The second-order valence-corrected chi connectivity index (χ2v) is 4.22. The van der Waals surface area contributed by atoms with Crippen LogP contribution in [0.1, 0.15) is 0 Å². The third-order valence-electron chi connectivity index (χ3n) is 2.96. The summed E-state index contributed by atoms with van der Waals surface area (Å²) >= 11 is 0. The Morgan fingerprint density at radius 1 is 1.42 bits per heavy atom. The van der Waals surface area contributed by atoms with Crippen LogP contribution in [0.5, 0.6) is 5.75 Å². The van der Waals surface area contributed by atoms with E-state index >= 15 is 0 Å². The van der Waals surface area contributed by atoms with Crippen molar-refractivity contribution in [1.82, 2.24) is 15.3 Å². The van der Waals surface area contributed by atoms with Gasteiger partial charge in [0.25, 0.3) is 5.56 Å². The fraction of sp³-hybridized carbons (Fsp3) is 0.273. The van der Waals surface area contributed by atoms with Gasteiger partial charge in [0.05, 0.1) is 22.2 Å². The van der Waals surface area contributed by atoms with Crippen LogP contribution in [0.4, 0.5) is 5.69 Å². The topological polar surface area (TPSA) is 110 Å². The molecular formula is C11H10N4O4. The van der Waals surface area contributed by atoms with Gasteiger partial charge in [0, 0.05) is 25.2 Å². The number of nitrogens with zero attached hydrogens (tertiary/aromatic N) is 2. The lowest BCUT2D eigenvalue weighted by Crippen LogP contribution is -2.50. The Morgan fingerprint density at radius 3 is 2.84 bits per heavy atom. The highest BCUT2D eigenvalue weighted by Crippen LogP contribution is 2.31. The summed E-state index contributed by atoms with van der Waals surface area (Å²) in [5.74, 6) is 0.141. The first kappa shape index (κ1) is 11.6. The van der Waals surface area contributed by atoms with E-state index in [1.165, 1.54) is 18.5 Å². The van der Waals surface area contributed by atoms with E-state index in [9.17, 15) is 14.9 Å². The molecule has 0 saturated carbocycles. The molecule has 1 aliphatic rings. The summed E-state index contributed by atoms with van der Waals surface area (Å²) in [5, 5.41) is 14.2. The van der Waals surface area contributed by atoms with Crippen molar-refractivity contribution in [3.05, 3.63) is 38.9 Å². The van der Waals surface area contributed by atoms with Crippen LogP contribution in [-0.2, 0) is 0 Å². The number of aromatic amines is 1. The Bertz CT molecular complexity index is 707. The first-order valence-corrected chi connectivity index (χ1v) is 5.68. The SMILES string of the molecule is O=c1[nH]cnc2cc(OC3CNC3)c([N+](=O)[O-])cc12. The van der Waals surface area contributed by atoms with E-state index in [0.29, 0.717) is 18.6 Å². The number of nitro benzene ring substituents is 1. The van der Waals surface area contributed by atoms with Gasteiger partial charge < -0.3 is 15.0 Å².